The second-order valence-electron chi connectivity index (χ2n) is 3.31. The standard InChI is InChI=1S/C11H15N3O4.2ClH/c12-1-3-17-10(15)8-5-9(7-14-6-8)11(16)18-4-2-13;;/h5-7H,1-4,12-13H2;2*1H. The number of carbonyl (C=O) groups is 2. The summed E-state index contributed by atoms with van der Waals surface area (Å²) in [4.78, 5) is 26.8. The first-order valence-corrected chi connectivity index (χ1v) is 5.38. The summed E-state index contributed by atoms with van der Waals surface area (Å²) in [7, 11) is 0. The molecule has 0 aliphatic rings. The van der Waals surface area contributed by atoms with E-state index >= 15 is 0 Å². The Balaban J connectivity index is 0. The summed E-state index contributed by atoms with van der Waals surface area (Å²) in [5.74, 6) is -1.16. The molecule has 0 aromatic carbocycles. The third-order valence-electron chi connectivity index (χ3n) is 1.91. The predicted octanol–water partition coefficient (Wildman–Crippen LogP) is 0.156. The number of halogens is 2. The molecule has 0 bridgehead atoms. The molecular weight excluding hydrogens is 309 g/mol. The van der Waals surface area contributed by atoms with Gasteiger partial charge in [-0.3, -0.25) is 4.98 Å². The summed E-state index contributed by atoms with van der Waals surface area (Å²) >= 11 is 0. The third kappa shape index (κ3) is 6.67. The molecule has 0 aliphatic heterocycles. The Labute approximate surface area is 128 Å². The van der Waals surface area contributed by atoms with Crippen molar-refractivity contribution in [2.75, 3.05) is 26.3 Å². The molecule has 0 atom stereocenters. The lowest BCUT2D eigenvalue weighted by Crippen LogP contribution is -2.16. The lowest BCUT2D eigenvalue weighted by atomic mass is 10.2. The van der Waals surface area contributed by atoms with Crippen molar-refractivity contribution in [3.8, 4) is 0 Å². The van der Waals surface area contributed by atoms with Crippen molar-refractivity contribution in [2.45, 2.75) is 0 Å². The normalized spacial score (nSPS) is 8.90. The molecule has 0 saturated heterocycles. The van der Waals surface area contributed by atoms with E-state index in [9.17, 15) is 9.59 Å². The Kier molecular flexibility index (Phi) is 11.9. The van der Waals surface area contributed by atoms with Gasteiger partial charge in [0, 0.05) is 25.5 Å². The first kappa shape index (κ1) is 20.9. The van der Waals surface area contributed by atoms with Crippen LogP contribution in [0.3, 0.4) is 0 Å². The number of hydrogen-bond donors (Lipinski definition) is 2. The van der Waals surface area contributed by atoms with Gasteiger partial charge in [0.05, 0.1) is 11.1 Å². The number of aromatic nitrogens is 1. The lowest BCUT2D eigenvalue weighted by molar-refractivity contribution is 0.0514. The molecule has 0 unspecified atom stereocenters. The minimum Gasteiger partial charge on any atom is -0.461 e. The fraction of sp³-hybridized carbons (Fsp3) is 0.364. The van der Waals surface area contributed by atoms with Crippen LogP contribution >= 0.6 is 24.8 Å². The molecule has 0 amide bonds. The largest absolute Gasteiger partial charge is 0.461 e. The lowest BCUT2D eigenvalue weighted by Gasteiger charge is -2.05. The molecule has 7 nitrogen and oxygen atoms in total. The fourth-order valence-corrected chi connectivity index (χ4v) is 1.13. The maximum Gasteiger partial charge on any atom is 0.339 e. The summed E-state index contributed by atoms with van der Waals surface area (Å²) in [6.45, 7) is 0.691. The van der Waals surface area contributed by atoms with E-state index < -0.39 is 11.9 Å². The highest BCUT2D eigenvalue weighted by atomic mass is 35.5. The summed E-state index contributed by atoms with van der Waals surface area (Å²) in [6.07, 6.45) is 2.61. The van der Waals surface area contributed by atoms with Crippen LogP contribution in [-0.4, -0.2) is 43.2 Å². The zero-order chi connectivity index (χ0) is 13.4. The second kappa shape index (κ2) is 11.4. The number of pyridine rings is 1. The molecule has 9 heteroatoms. The number of rotatable bonds is 6. The van der Waals surface area contributed by atoms with Gasteiger partial charge >= 0.3 is 11.9 Å². The van der Waals surface area contributed by atoms with Crippen molar-refractivity contribution in [1.82, 2.24) is 4.98 Å². The minimum atomic E-state index is -0.582. The zero-order valence-corrected chi connectivity index (χ0v) is 12.2. The van der Waals surface area contributed by atoms with Gasteiger partial charge in [0.2, 0.25) is 0 Å². The van der Waals surface area contributed by atoms with Crippen LogP contribution in [0.2, 0.25) is 0 Å². The maximum absolute atomic E-state index is 11.5. The monoisotopic (exact) mass is 325 g/mol. The smallest absolute Gasteiger partial charge is 0.339 e. The zero-order valence-electron chi connectivity index (χ0n) is 10.6. The van der Waals surface area contributed by atoms with Crippen LogP contribution < -0.4 is 11.5 Å². The highest BCUT2D eigenvalue weighted by Crippen LogP contribution is 2.06. The van der Waals surface area contributed by atoms with Gasteiger partial charge in [0.15, 0.2) is 0 Å². The SMILES string of the molecule is Cl.Cl.NCCOC(=O)c1cncc(C(=O)OCCN)c1. The van der Waals surface area contributed by atoms with E-state index in [1.807, 2.05) is 0 Å². The van der Waals surface area contributed by atoms with E-state index in [0.717, 1.165) is 0 Å². The summed E-state index contributed by atoms with van der Waals surface area (Å²) in [6, 6.07) is 1.35. The summed E-state index contributed by atoms with van der Waals surface area (Å²) < 4.78 is 9.63. The molecule has 1 aromatic rings. The van der Waals surface area contributed by atoms with E-state index in [4.69, 9.17) is 20.9 Å². The number of esters is 2. The van der Waals surface area contributed by atoms with Crippen LogP contribution in [0.25, 0.3) is 0 Å². The van der Waals surface area contributed by atoms with Crippen molar-refractivity contribution in [3.63, 3.8) is 0 Å². The van der Waals surface area contributed by atoms with Crippen molar-refractivity contribution in [3.05, 3.63) is 29.6 Å². The quantitative estimate of drug-likeness (QED) is 0.715. The first-order valence-electron chi connectivity index (χ1n) is 5.38. The Bertz CT molecular complexity index is 397. The number of nitrogens with zero attached hydrogens (tertiary/aromatic N) is 1. The van der Waals surface area contributed by atoms with Crippen molar-refractivity contribution in [1.29, 1.82) is 0 Å². The molecule has 0 fully saturated rings. The van der Waals surface area contributed by atoms with Gasteiger partial charge in [-0.1, -0.05) is 0 Å². The topological polar surface area (TPSA) is 118 Å². The van der Waals surface area contributed by atoms with Crippen molar-refractivity contribution in [2.24, 2.45) is 11.5 Å². The molecule has 0 saturated carbocycles. The molecule has 0 radical (unpaired) electrons. The number of nitrogens with two attached hydrogens (primary N) is 2. The van der Waals surface area contributed by atoms with Gasteiger partial charge in [-0.2, -0.15) is 0 Å². The number of hydrogen-bond acceptors (Lipinski definition) is 7. The van der Waals surface area contributed by atoms with Crippen LogP contribution in [0.1, 0.15) is 20.7 Å². The van der Waals surface area contributed by atoms with Gasteiger partial charge in [-0.05, 0) is 6.07 Å². The molecule has 20 heavy (non-hydrogen) atoms. The maximum atomic E-state index is 11.5. The van der Waals surface area contributed by atoms with E-state index in [-0.39, 0.29) is 62.2 Å². The molecule has 1 rings (SSSR count). The molecule has 0 aliphatic carbocycles. The van der Waals surface area contributed by atoms with Gasteiger partial charge in [0.25, 0.3) is 0 Å². The van der Waals surface area contributed by atoms with Crippen LogP contribution in [0.5, 0.6) is 0 Å². The van der Waals surface area contributed by atoms with Crippen LogP contribution in [-0.2, 0) is 9.47 Å². The first-order chi connectivity index (χ1) is 8.69. The number of carbonyl (C=O) groups excluding carboxylic acids is 2. The van der Waals surface area contributed by atoms with E-state index in [0.29, 0.717) is 0 Å². The van der Waals surface area contributed by atoms with Crippen LogP contribution in [0.4, 0.5) is 0 Å². The molecule has 114 valence electrons. The Hall–Kier alpha value is -1.41. The minimum absolute atomic E-state index is 0. The summed E-state index contributed by atoms with van der Waals surface area (Å²) in [5, 5.41) is 0. The Morgan fingerprint density at radius 2 is 1.35 bits per heavy atom. The fourth-order valence-electron chi connectivity index (χ4n) is 1.13. The summed E-state index contributed by atoms with van der Waals surface area (Å²) in [5.41, 5.74) is 10.8. The Morgan fingerprint density at radius 3 is 1.70 bits per heavy atom. The van der Waals surface area contributed by atoms with Gasteiger partial charge in [-0.25, -0.2) is 9.59 Å². The Morgan fingerprint density at radius 1 is 0.950 bits per heavy atom. The van der Waals surface area contributed by atoms with Gasteiger partial charge in [-0.15, -0.1) is 24.8 Å². The highest BCUT2D eigenvalue weighted by molar-refractivity contribution is 5.94. The van der Waals surface area contributed by atoms with Crippen molar-refractivity contribution >= 4 is 36.8 Å². The third-order valence-corrected chi connectivity index (χ3v) is 1.91. The molecular formula is C11H17Cl2N3O4. The predicted molar refractivity (Wildman–Crippen MR) is 77.4 cm³/mol. The second-order valence-corrected chi connectivity index (χ2v) is 3.31. The molecule has 0 spiro atoms. The average molecular weight is 326 g/mol. The molecule has 1 aromatic heterocycles. The van der Waals surface area contributed by atoms with E-state index in [1.165, 1.54) is 18.5 Å². The van der Waals surface area contributed by atoms with E-state index in [1.54, 1.807) is 0 Å². The van der Waals surface area contributed by atoms with Gasteiger partial charge < -0.3 is 20.9 Å². The van der Waals surface area contributed by atoms with Crippen molar-refractivity contribution < 1.29 is 19.1 Å². The van der Waals surface area contributed by atoms with Gasteiger partial charge in [0.1, 0.15) is 13.2 Å². The van der Waals surface area contributed by atoms with Crippen LogP contribution in [0.15, 0.2) is 18.5 Å². The molecule has 1 heterocycles. The number of ether oxygens (including phenoxy) is 2. The molecule has 4 N–H and O–H groups in total. The van der Waals surface area contributed by atoms with E-state index in [2.05, 4.69) is 4.98 Å². The average Bonchev–Trinajstić information content (AvgIpc) is 2.42. The highest BCUT2D eigenvalue weighted by Gasteiger charge is 2.12. The van der Waals surface area contributed by atoms with Crippen LogP contribution in [0, 0.1) is 0 Å².